The molecule has 2 rings (SSSR count). The van der Waals surface area contributed by atoms with Crippen LogP contribution in [0.15, 0.2) is 18.3 Å². The van der Waals surface area contributed by atoms with Gasteiger partial charge in [0.25, 0.3) is 0 Å². The lowest BCUT2D eigenvalue weighted by Crippen LogP contribution is -2.26. The third-order valence-electron chi connectivity index (χ3n) is 2.60. The molecule has 1 aliphatic rings. The molecule has 0 spiro atoms. The highest BCUT2D eigenvalue weighted by molar-refractivity contribution is 5.95. The molecule has 1 atom stereocenters. The van der Waals surface area contributed by atoms with Crippen LogP contribution in [0.2, 0.25) is 0 Å². The number of aryl methyl sites for hydroxylation is 1. The quantitative estimate of drug-likeness (QED) is 0.776. The lowest BCUT2D eigenvalue weighted by molar-refractivity contribution is -0.117. The van der Waals surface area contributed by atoms with Crippen LogP contribution in [0, 0.1) is 0 Å². The molecule has 4 nitrogen and oxygen atoms in total. The molecule has 1 N–H and O–H groups in total. The van der Waals surface area contributed by atoms with E-state index in [0.29, 0.717) is 12.4 Å². The van der Waals surface area contributed by atoms with Crippen molar-refractivity contribution in [1.29, 1.82) is 0 Å². The summed E-state index contributed by atoms with van der Waals surface area (Å²) in [4.78, 5) is 17.2. The number of anilines is 1. The first-order valence-corrected chi connectivity index (χ1v) is 5.14. The molecule has 0 saturated carbocycles. The Labute approximate surface area is 88.6 Å². The van der Waals surface area contributed by atoms with Gasteiger partial charge in [0.05, 0.1) is 19.1 Å². The number of pyridine rings is 1. The van der Waals surface area contributed by atoms with Crippen LogP contribution in [0.25, 0.3) is 0 Å². The highest BCUT2D eigenvalue weighted by atomic mass is 16.3. The van der Waals surface area contributed by atoms with Crippen LogP contribution >= 0.6 is 0 Å². The van der Waals surface area contributed by atoms with E-state index in [1.807, 2.05) is 12.1 Å². The van der Waals surface area contributed by atoms with Gasteiger partial charge in [0.15, 0.2) is 0 Å². The minimum atomic E-state index is -0.551. The van der Waals surface area contributed by atoms with Crippen molar-refractivity contribution in [1.82, 2.24) is 4.98 Å². The molecule has 4 heteroatoms. The van der Waals surface area contributed by atoms with Crippen LogP contribution < -0.4 is 4.90 Å². The summed E-state index contributed by atoms with van der Waals surface area (Å²) < 4.78 is 0. The first-order valence-electron chi connectivity index (χ1n) is 5.14. The number of β-amino-alcohol motifs (C(OH)–C–C–N with tert-alkyl or cyclic N) is 1. The second kappa shape index (κ2) is 3.98. The number of nitrogens with zero attached hydrogens (tertiary/aromatic N) is 2. The van der Waals surface area contributed by atoms with E-state index in [0.717, 1.165) is 12.0 Å². The van der Waals surface area contributed by atoms with Gasteiger partial charge in [-0.05, 0) is 24.1 Å². The molecule has 2 heterocycles. The second-order valence-corrected chi connectivity index (χ2v) is 3.74. The number of rotatable bonds is 2. The molecule has 1 saturated heterocycles. The smallest absolute Gasteiger partial charge is 0.230 e. The molecule has 0 aliphatic carbocycles. The molecule has 1 aromatic heterocycles. The Kier molecular flexibility index (Phi) is 2.68. The number of aromatic nitrogens is 1. The Hall–Kier alpha value is -1.42. The highest BCUT2D eigenvalue weighted by Crippen LogP contribution is 2.20. The first kappa shape index (κ1) is 10.1. The molecular weight excluding hydrogens is 192 g/mol. The van der Waals surface area contributed by atoms with E-state index in [9.17, 15) is 9.90 Å². The molecule has 1 aromatic rings. The van der Waals surface area contributed by atoms with Gasteiger partial charge in [0, 0.05) is 6.20 Å². The fourth-order valence-corrected chi connectivity index (χ4v) is 1.74. The van der Waals surface area contributed by atoms with Crippen LogP contribution in [-0.4, -0.2) is 28.6 Å². The van der Waals surface area contributed by atoms with E-state index < -0.39 is 6.10 Å². The van der Waals surface area contributed by atoms with Crippen LogP contribution in [0.3, 0.4) is 0 Å². The maximum Gasteiger partial charge on any atom is 0.230 e. The predicted molar refractivity (Wildman–Crippen MR) is 56.6 cm³/mol. The number of hydrogen-bond donors (Lipinski definition) is 1. The van der Waals surface area contributed by atoms with Crippen molar-refractivity contribution in [2.45, 2.75) is 25.9 Å². The molecule has 80 valence electrons. The summed E-state index contributed by atoms with van der Waals surface area (Å²) in [5.74, 6) is 0.596. The molecule has 0 radical (unpaired) electrons. The SMILES string of the molecule is CCc1ccnc(N2CC(O)CC2=O)c1. The zero-order valence-electron chi connectivity index (χ0n) is 8.68. The predicted octanol–water partition coefficient (Wildman–Crippen LogP) is 0.742. The van der Waals surface area contributed by atoms with Crippen molar-refractivity contribution in [2.75, 3.05) is 11.4 Å². The van der Waals surface area contributed by atoms with Gasteiger partial charge >= 0.3 is 0 Å². The maximum atomic E-state index is 11.5. The van der Waals surface area contributed by atoms with Crippen LogP contribution in [0.4, 0.5) is 5.82 Å². The van der Waals surface area contributed by atoms with Crippen LogP contribution in [-0.2, 0) is 11.2 Å². The number of amides is 1. The third-order valence-corrected chi connectivity index (χ3v) is 2.60. The van der Waals surface area contributed by atoms with Gasteiger partial charge in [0.2, 0.25) is 5.91 Å². The summed E-state index contributed by atoms with van der Waals surface area (Å²) >= 11 is 0. The Bertz CT molecular complexity index is 379. The lowest BCUT2D eigenvalue weighted by atomic mass is 10.2. The fraction of sp³-hybridized carbons (Fsp3) is 0.455. The molecule has 0 bridgehead atoms. The molecular formula is C11H14N2O2. The standard InChI is InChI=1S/C11H14N2O2/c1-2-8-3-4-12-10(5-8)13-7-9(14)6-11(13)15/h3-5,9,14H,2,6-7H2,1H3. The van der Waals surface area contributed by atoms with E-state index >= 15 is 0 Å². The van der Waals surface area contributed by atoms with E-state index in [1.54, 1.807) is 11.1 Å². The van der Waals surface area contributed by atoms with Crippen LogP contribution in [0.1, 0.15) is 18.9 Å². The minimum absolute atomic E-state index is 0.0525. The van der Waals surface area contributed by atoms with Crippen molar-refractivity contribution in [2.24, 2.45) is 0 Å². The average molecular weight is 206 g/mol. The second-order valence-electron chi connectivity index (χ2n) is 3.74. The topological polar surface area (TPSA) is 53.4 Å². The van der Waals surface area contributed by atoms with Crippen LogP contribution in [0.5, 0.6) is 0 Å². The van der Waals surface area contributed by atoms with Gasteiger partial charge in [-0.3, -0.25) is 9.69 Å². The van der Waals surface area contributed by atoms with Crippen molar-refractivity contribution in [3.8, 4) is 0 Å². The van der Waals surface area contributed by atoms with Crippen molar-refractivity contribution < 1.29 is 9.90 Å². The highest BCUT2D eigenvalue weighted by Gasteiger charge is 2.29. The van der Waals surface area contributed by atoms with Gasteiger partial charge in [-0.25, -0.2) is 4.98 Å². The van der Waals surface area contributed by atoms with E-state index in [2.05, 4.69) is 11.9 Å². The van der Waals surface area contributed by atoms with Crippen molar-refractivity contribution in [3.63, 3.8) is 0 Å². The molecule has 1 fully saturated rings. The van der Waals surface area contributed by atoms with E-state index in [-0.39, 0.29) is 12.3 Å². The number of hydrogen-bond acceptors (Lipinski definition) is 3. The average Bonchev–Trinajstić information content (AvgIpc) is 2.58. The summed E-state index contributed by atoms with van der Waals surface area (Å²) in [7, 11) is 0. The van der Waals surface area contributed by atoms with Gasteiger partial charge in [-0.2, -0.15) is 0 Å². The third kappa shape index (κ3) is 1.99. The number of carbonyl (C=O) groups is 1. The molecule has 1 amide bonds. The van der Waals surface area contributed by atoms with E-state index in [1.165, 1.54) is 0 Å². The Morgan fingerprint density at radius 2 is 2.47 bits per heavy atom. The molecule has 15 heavy (non-hydrogen) atoms. The van der Waals surface area contributed by atoms with Crippen molar-refractivity contribution in [3.05, 3.63) is 23.9 Å². The zero-order chi connectivity index (χ0) is 10.8. The number of aliphatic hydroxyl groups excluding tert-OH is 1. The summed E-state index contributed by atoms with van der Waals surface area (Å²) in [6.07, 6.45) is 2.27. The lowest BCUT2D eigenvalue weighted by Gasteiger charge is -2.14. The maximum absolute atomic E-state index is 11.5. The first-order chi connectivity index (χ1) is 7.20. The van der Waals surface area contributed by atoms with Gasteiger partial charge < -0.3 is 5.11 Å². The number of aliphatic hydroxyl groups is 1. The summed E-state index contributed by atoms with van der Waals surface area (Å²) in [5.41, 5.74) is 1.15. The van der Waals surface area contributed by atoms with Gasteiger partial charge in [-0.1, -0.05) is 6.92 Å². The summed E-state index contributed by atoms with van der Waals surface area (Å²) in [6, 6.07) is 3.83. The molecule has 1 unspecified atom stereocenters. The zero-order valence-corrected chi connectivity index (χ0v) is 8.68. The van der Waals surface area contributed by atoms with E-state index in [4.69, 9.17) is 0 Å². The monoisotopic (exact) mass is 206 g/mol. The Balaban J connectivity index is 2.25. The summed E-state index contributed by atoms with van der Waals surface area (Å²) in [6.45, 7) is 2.42. The molecule has 1 aliphatic heterocycles. The van der Waals surface area contributed by atoms with Crippen molar-refractivity contribution >= 4 is 11.7 Å². The number of carbonyl (C=O) groups excluding carboxylic acids is 1. The Morgan fingerprint density at radius 1 is 1.67 bits per heavy atom. The fourth-order valence-electron chi connectivity index (χ4n) is 1.74. The minimum Gasteiger partial charge on any atom is -0.391 e. The Morgan fingerprint density at radius 3 is 3.07 bits per heavy atom. The van der Waals surface area contributed by atoms with Gasteiger partial charge in [-0.15, -0.1) is 0 Å². The normalized spacial score (nSPS) is 21.1. The summed E-state index contributed by atoms with van der Waals surface area (Å²) in [5, 5.41) is 9.37. The molecule has 0 aromatic carbocycles. The van der Waals surface area contributed by atoms with Gasteiger partial charge in [0.1, 0.15) is 5.82 Å². The largest absolute Gasteiger partial charge is 0.391 e.